The van der Waals surface area contributed by atoms with Crippen molar-refractivity contribution >= 4 is 11.6 Å². The van der Waals surface area contributed by atoms with E-state index in [9.17, 15) is 0 Å². The SMILES string of the molecule is CCCn1ccnc1C(N)c1ccc(C)cc1Cl. The number of benzene rings is 1. The van der Waals surface area contributed by atoms with Gasteiger partial charge >= 0.3 is 0 Å². The molecular weight excluding hydrogens is 246 g/mol. The van der Waals surface area contributed by atoms with E-state index < -0.39 is 0 Å². The lowest BCUT2D eigenvalue weighted by atomic mass is 10.1. The van der Waals surface area contributed by atoms with Crippen LogP contribution in [0.3, 0.4) is 0 Å². The van der Waals surface area contributed by atoms with Crippen molar-refractivity contribution in [2.24, 2.45) is 5.73 Å². The Morgan fingerprint density at radius 2 is 2.22 bits per heavy atom. The van der Waals surface area contributed by atoms with Crippen molar-refractivity contribution < 1.29 is 0 Å². The molecule has 1 aromatic carbocycles. The molecule has 96 valence electrons. The summed E-state index contributed by atoms with van der Waals surface area (Å²) in [5.74, 6) is 0.864. The van der Waals surface area contributed by atoms with Crippen molar-refractivity contribution in [3.63, 3.8) is 0 Å². The fraction of sp³-hybridized carbons (Fsp3) is 0.357. The largest absolute Gasteiger partial charge is 0.333 e. The highest BCUT2D eigenvalue weighted by Crippen LogP contribution is 2.26. The molecule has 0 spiro atoms. The second-order valence-electron chi connectivity index (χ2n) is 4.48. The topological polar surface area (TPSA) is 43.8 Å². The van der Waals surface area contributed by atoms with Crippen LogP contribution in [0.25, 0.3) is 0 Å². The maximum absolute atomic E-state index is 6.27. The predicted molar refractivity (Wildman–Crippen MR) is 74.7 cm³/mol. The summed E-state index contributed by atoms with van der Waals surface area (Å²) in [6.07, 6.45) is 4.80. The number of nitrogens with two attached hydrogens (primary N) is 1. The summed E-state index contributed by atoms with van der Waals surface area (Å²) in [6, 6.07) is 5.66. The Balaban J connectivity index is 2.35. The van der Waals surface area contributed by atoms with E-state index in [-0.39, 0.29) is 6.04 Å². The first-order valence-corrected chi connectivity index (χ1v) is 6.54. The zero-order chi connectivity index (χ0) is 13.1. The summed E-state index contributed by atoms with van der Waals surface area (Å²) < 4.78 is 2.08. The number of halogens is 1. The van der Waals surface area contributed by atoms with Gasteiger partial charge in [0.15, 0.2) is 0 Å². The van der Waals surface area contributed by atoms with Gasteiger partial charge in [0.25, 0.3) is 0 Å². The van der Waals surface area contributed by atoms with Crippen molar-refractivity contribution in [2.45, 2.75) is 32.9 Å². The van der Waals surface area contributed by atoms with E-state index in [2.05, 4.69) is 16.5 Å². The van der Waals surface area contributed by atoms with Crippen LogP contribution < -0.4 is 5.73 Å². The van der Waals surface area contributed by atoms with E-state index in [4.69, 9.17) is 17.3 Å². The molecule has 1 unspecified atom stereocenters. The predicted octanol–water partition coefficient (Wildman–Crippen LogP) is 3.30. The number of rotatable bonds is 4. The summed E-state index contributed by atoms with van der Waals surface area (Å²) in [5.41, 5.74) is 8.33. The molecule has 18 heavy (non-hydrogen) atoms. The van der Waals surface area contributed by atoms with Crippen LogP contribution in [0.4, 0.5) is 0 Å². The van der Waals surface area contributed by atoms with Crippen molar-refractivity contribution in [1.82, 2.24) is 9.55 Å². The van der Waals surface area contributed by atoms with Crippen molar-refractivity contribution in [3.05, 3.63) is 52.6 Å². The molecule has 1 atom stereocenters. The van der Waals surface area contributed by atoms with Gasteiger partial charge in [-0.25, -0.2) is 4.98 Å². The Morgan fingerprint density at radius 1 is 1.44 bits per heavy atom. The Bertz CT molecular complexity index is 534. The van der Waals surface area contributed by atoms with Crippen molar-refractivity contribution in [2.75, 3.05) is 0 Å². The minimum atomic E-state index is -0.278. The van der Waals surface area contributed by atoms with Gasteiger partial charge in [0.05, 0.1) is 6.04 Å². The second kappa shape index (κ2) is 5.55. The maximum atomic E-state index is 6.27. The Kier molecular flexibility index (Phi) is 4.04. The standard InChI is InChI=1S/C14H18ClN3/c1-3-7-18-8-6-17-14(18)13(16)11-5-4-10(2)9-12(11)15/h4-6,8-9,13H,3,7,16H2,1-2H3. The third kappa shape index (κ3) is 2.57. The first kappa shape index (κ1) is 13.1. The smallest absolute Gasteiger partial charge is 0.130 e. The number of nitrogens with zero attached hydrogens (tertiary/aromatic N) is 2. The van der Waals surface area contributed by atoms with E-state index in [0.717, 1.165) is 29.9 Å². The average Bonchev–Trinajstić information content (AvgIpc) is 2.77. The maximum Gasteiger partial charge on any atom is 0.130 e. The molecule has 0 bridgehead atoms. The van der Waals surface area contributed by atoms with Gasteiger partial charge in [-0.2, -0.15) is 0 Å². The third-order valence-corrected chi connectivity index (χ3v) is 3.31. The number of aromatic nitrogens is 2. The van der Waals surface area contributed by atoms with Gasteiger partial charge in [-0.1, -0.05) is 30.7 Å². The summed E-state index contributed by atoms with van der Waals surface area (Å²) in [6.45, 7) is 5.07. The summed E-state index contributed by atoms with van der Waals surface area (Å²) in [5, 5.41) is 0.702. The van der Waals surface area contributed by atoms with Crippen LogP contribution in [0.1, 0.15) is 36.3 Å². The Labute approximate surface area is 113 Å². The molecule has 3 nitrogen and oxygen atoms in total. The number of aryl methyl sites for hydroxylation is 2. The van der Waals surface area contributed by atoms with Gasteiger partial charge in [0.2, 0.25) is 0 Å². The quantitative estimate of drug-likeness (QED) is 0.920. The van der Waals surface area contributed by atoms with E-state index in [1.54, 1.807) is 6.20 Å². The van der Waals surface area contributed by atoms with Crippen molar-refractivity contribution in [1.29, 1.82) is 0 Å². The van der Waals surface area contributed by atoms with Crippen LogP contribution in [-0.2, 0) is 6.54 Å². The van der Waals surface area contributed by atoms with Gasteiger partial charge in [0, 0.05) is 24.0 Å². The van der Waals surface area contributed by atoms with Crippen LogP contribution >= 0.6 is 11.6 Å². The lowest BCUT2D eigenvalue weighted by molar-refractivity contribution is 0.613. The van der Waals surface area contributed by atoms with Gasteiger partial charge in [-0.15, -0.1) is 0 Å². The minimum Gasteiger partial charge on any atom is -0.333 e. The molecule has 2 rings (SSSR count). The molecule has 2 N–H and O–H groups in total. The molecule has 0 aliphatic rings. The Morgan fingerprint density at radius 3 is 2.89 bits per heavy atom. The van der Waals surface area contributed by atoms with E-state index in [0.29, 0.717) is 5.02 Å². The highest BCUT2D eigenvalue weighted by atomic mass is 35.5. The van der Waals surface area contributed by atoms with Gasteiger partial charge < -0.3 is 10.3 Å². The first-order valence-electron chi connectivity index (χ1n) is 6.16. The molecule has 0 saturated heterocycles. The van der Waals surface area contributed by atoms with E-state index in [1.807, 2.05) is 31.3 Å². The molecule has 1 heterocycles. The minimum absolute atomic E-state index is 0.278. The third-order valence-electron chi connectivity index (χ3n) is 2.98. The number of imidazole rings is 1. The molecule has 0 saturated carbocycles. The molecule has 1 aromatic heterocycles. The summed E-state index contributed by atoms with van der Waals surface area (Å²) in [7, 11) is 0. The average molecular weight is 264 g/mol. The van der Waals surface area contributed by atoms with Gasteiger partial charge in [-0.05, 0) is 30.5 Å². The normalized spacial score (nSPS) is 12.7. The molecule has 0 aliphatic heterocycles. The molecule has 4 heteroatoms. The second-order valence-corrected chi connectivity index (χ2v) is 4.89. The van der Waals surface area contributed by atoms with Crippen LogP contribution in [0.5, 0.6) is 0 Å². The zero-order valence-electron chi connectivity index (χ0n) is 10.7. The zero-order valence-corrected chi connectivity index (χ0v) is 11.5. The van der Waals surface area contributed by atoms with Crippen molar-refractivity contribution in [3.8, 4) is 0 Å². The molecule has 2 aromatic rings. The molecular formula is C14H18ClN3. The van der Waals surface area contributed by atoms with Crippen LogP contribution in [-0.4, -0.2) is 9.55 Å². The van der Waals surface area contributed by atoms with Gasteiger partial charge in [-0.3, -0.25) is 0 Å². The molecule has 0 fully saturated rings. The number of hydrogen-bond donors (Lipinski definition) is 1. The Hall–Kier alpha value is -1.32. The molecule has 0 aliphatic carbocycles. The van der Waals surface area contributed by atoms with Crippen LogP contribution in [0, 0.1) is 6.92 Å². The fourth-order valence-electron chi connectivity index (χ4n) is 2.05. The summed E-state index contributed by atoms with van der Waals surface area (Å²) in [4.78, 5) is 4.35. The van der Waals surface area contributed by atoms with E-state index in [1.165, 1.54) is 0 Å². The first-order chi connectivity index (χ1) is 8.63. The lowest BCUT2D eigenvalue weighted by Crippen LogP contribution is -2.18. The highest BCUT2D eigenvalue weighted by Gasteiger charge is 2.17. The lowest BCUT2D eigenvalue weighted by Gasteiger charge is -2.15. The highest BCUT2D eigenvalue weighted by molar-refractivity contribution is 6.31. The van der Waals surface area contributed by atoms with Crippen LogP contribution in [0.15, 0.2) is 30.6 Å². The number of hydrogen-bond acceptors (Lipinski definition) is 2. The summed E-state index contributed by atoms with van der Waals surface area (Å²) >= 11 is 6.25. The molecule has 0 amide bonds. The van der Waals surface area contributed by atoms with E-state index >= 15 is 0 Å². The monoisotopic (exact) mass is 263 g/mol. The molecule has 0 radical (unpaired) electrons. The fourth-order valence-corrected chi connectivity index (χ4v) is 2.41. The van der Waals surface area contributed by atoms with Gasteiger partial charge in [0.1, 0.15) is 5.82 Å². The van der Waals surface area contributed by atoms with Crippen LogP contribution in [0.2, 0.25) is 5.02 Å².